The zero-order valence-corrected chi connectivity index (χ0v) is 4.52. The zero-order valence-electron chi connectivity index (χ0n) is 4.52. The molecule has 0 radical (unpaired) electrons. The first-order chi connectivity index (χ1) is 3.41. The van der Waals surface area contributed by atoms with E-state index in [2.05, 4.69) is 10.3 Å². The molecule has 3 N–H and O–H groups in total. The van der Waals surface area contributed by atoms with Gasteiger partial charge in [0.15, 0.2) is 0 Å². The van der Waals surface area contributed by atoms with E-state index in [4.69, 9.17) is 5.73 Å². The summed E-state index contributed by atoms with van der Waals surface area (Å²) in [5.41, 5.74) is 4.95. The topological polar surface area (TPSA) is 50.4 Å². The van der Waals surface area contributed by atoms with Gasteiger partial charge in [0.2, 0.25) is 0 Å². The third kappa shape index (κ3) is 5.43. The van der Waals surface area contributed by atoms with Crippen molar-refractivity contribution >= 4 is 6.34 Å². The van der Waals surface area contributed by atoms with Crippen molar-refractivity contribution in [3.05, 3.63) is 0 Å². The Labute approximate surface area is 43.6 Å². The van der Waals surface area contributed by atoms with Crippen molar-refractivity contribution in [2.24, 2.45) is 10.7 Å². The first-order valence-electron chi connectivity index (χ1n) is 2.26. The van der Waals surface area contributed by atoms with Crippen molar-refractivity contribution < 1.29 is 0 Å². The second kappa shape index (κ2) is 5.43. The predicted octanol–water partition coefficient (Wildman–Crippen LogP) is -0.807. The molecule has 0 aliphatic heterocycles. The van der Waals surface area contributed by atoms with Crippen molar-refractivity contribution in [1.82, 2.24) is 5.32 Å². The quantitative estimate of drug-likeness (QED) is 0.277. The standard InChI is InChI=1S/C4H11N3/c1-6-2-3-7-4-5/h4,6H,2-3H2,1H3,(H2,5,7). The highest BCUT2D eigenvalue weighted by Crippen LogP contribution is 1.58. The van der Waals surface area contributed by atoms with E-state index >= 15 is 0 Å². The van der Waals surface area contributed by atoms with Crippen LogP contribution in [0.2, 0.25) is 0 Å². The minimum absolute atomic E-state index is 0.771. The van der Waals surface area contributed by atoms with Gasteiger partial charge in [-0.3, -0.25) is 4.99 Å². The summed E-state index contributed by atoms with van der Waals surface area (Å²) < 4.78 is 0. The van der Waals surface area contributed by atoms with Gasteiger partial charge in [0.25, 0.3) is 0 Å². The fraction of sp³-hybridized carbons (Fsp3) is 0.750. The molecule has 42 valence electrons. The molecular formula is C4H11N3. The van der Waals surface area contributed by atoms with Gasteiger partial charge in [0, 0.05) is 6.54 Å². The first kappa shape index (κ1) is 6.43. The summed E-state index contributed by atoms with van der Waals surface area (Å²) in [4.78, 5) is 3.75. The molecule has 0 aromatic carbocycles. The van der Waals surface area contributed by atoms with Gasteiger partial charge in [-0.25, -0.2) is 0 Å². The Bertz CT molecular complexity index is 50.9. The maximum atomic E-state index is 4.95. The Morgan fingerprint density at radius 1 is 1.86 bits per heavy atom. The fourth-order valence-corrected chi connectivity index (χ4v) is 0.251. The molecule has 0 rings (SSSR count). The molecule has 0 saturated carbocycles. The van der Waals surface area contributed by atoms with Gasteiger partial charge >= 0.3 is 0 Å². The fourth-order valence-electron chi connectivity index (χ4n) is 0.251. The molecule has 0 bridgehead atoms. The van der Waals surface area contributed by atoms with Crippen LogP contribution in [-0.4, -0.2) is 26.5 Å². The highest BCUT2D eigenvalue weighted by molar-refractivity contribution is 5.50. The predicted molar refractivity (Wildman–Crippen MR) is 31.5 cm³/mol. The molecule has 0 unspecified atom stereocenters. The average Bonchev–Trinajstić information content (AvgIpc) is 1.69. The summed E-state index contributed by atoms with van der Waals surface area (Å²) in [6, 6.07) is 0. The largest absolute Gasteiger partial charge is 0.390 e. The Morgan fingerprint density at radius 3 is 3.00 bits per heavy atom. The Morgan fingerprint density at radius 2 is 2.57 bits per heavy atom. The summed E-state index contributed by atoms with van der Waals surface area (Å²) >= 11 is 0. The summed E-state index contributed by atoms with van der Waals surface area (Å²) in [6.45, 7) is 1.67. The van der Waals surface area contributed by atoms with E-state index < -0.39 is 0 Å². The minimum atomic E-state index is 0.771. The van der Waals surface area contributed by atoms with Crippen LogP contribution in [0.25, 0.3) is 0 Å². The molecule has 0 aliphatic carbocycles. The van der Waals surface area contributed by atoms with Crippen molar-refractivity contribution in [1.29, 1.82) is 0 Å². The SMILES string of the molecule is CNCCN=CN. The molecular weight excluding hydrogens is 90.1 g/mol. The van der Waals surface area contributed by atoms with E-state index in [1.54, 1.807) is 0 Å². The van der Waals surface area contributed by atoms with Crippen LogP contribution in [0.15, 0.2) is 4.99 Å². The summed E-state index contributed by atoms with van der Waals surface area (Å²) in [5, 5.41) is 2.93. The molecule has 3 heteroatoms. The number of likely N-dealkylation sites (N-methyl/N-ethyl adjacent to an activating group) is 1. The van der Waals surface area contributed by atoms with Crippen molar-refractivity contribution in [3.8, 4) is 0 Å². The molecule has 0 aliphatic rings. The Kier molecular flexibility index (Phi) is 4.99. The minimum Gasteiger partial charge on any atom is -0.390 e. The molecule has 0 heterocycles. The van der Waals surface area contributed by atoms with Gasteiger partial charge in [-0.05, 0) is 7.05 Å². The second-order valence-electron chi connectivity index (χ2n) is 1.16. The molecule has 0 atom stereocenters. The molecule has 0 aromatic rings. The number of nitrogens with two attached hydrogens (primary N) is 1. The van der Waals surface area contributed by atoms with E-state index in [0.29, 0.717) is 0 Å². The van der Waals surface area contributed by atoms with Crippen molar-refractivity contribution in [2.45, 2.75) is 0 Å². The lowest BCUT2D eigenvalue weighted by Gasteiger charge is -1.87. The molecule has 0 fully saturated rings. The van der Waals surface area contributed by atoms with Crippen LogP contribution in [0.3, 0.4) is 0 Å². The van der Waals surface area contributed by atoms with Crippen LogP contribution in [-0.2, 0) is 0 Å². The van der Waals surface area contributed by atoms with Crippen LogP contribution in [0.1, 0.15) is 0 Å². The van der Waals surface area contributed by atoms with Gasteiger partial charge < -0.3 is 11.1 Å². The van der Waals surface area contributed by atoms with Crippen LogP contribution in [0.5, 0.6) is 0 Å². The van der Waals surface area contributed by atoms with E-state index in [0.717, 1.165) is 13.1 Å². The normalized spacial score (nSPS) is 10.4. The molecule has 0 saturated heterocycles. The van der Waals surface area contributed by atoms with Gasteiger partial charge in [-0.2, -0.15) is 0 Å². The van der Waals surface area contributed by atoms with E-state index in [9.17, 15) is 0 Å². The third-order valence-corrected chi connectivity index (χ3v) is 0.596. The lowest BCUT2D eigenvalue weighted by Crippen LogP contribution is -2.11. The monoisotopic (exact) mass is 101 g/mol. The molecule has 0 aromatic heterocycles. The lowest BCUT2D eigenvalue weighted by molar-refractivity contribution is 0.804. The summed E-state index contributed by atoms with van der Waals surface area (Å²) in [6.07, 6.45) is 1.32. The number of rotatable bonds is 3. The van der Waals surface area contributed by atoms with Crippen molar-refractivity contribution in [2.75, 3.05) is 20.1 Å². The second-order valence-corrected chi connectivity index (χ2v) is 1.16. The summed E-state index contributed by atoms with van der Waals surface area (Å²) in [7, 11) is 1.88. The number of hydrogen-bond acceptors (Lipinski definition) is 2. The van der Waals surface area contributed by atoms with Gasteiger partial charge in [-0.1, -0.05) is 0 Å². The van der Waals surface area contributed by atoms with Crippen LogP contribution in [0, 0.1) is 0 Å². The average molecular weight is 101 g/mol. The molecule has 0 spiro atoms. The number of aliphatic imine (C=N–C) groups is 1. The highest BCUT2D eigenvalue weighted by Gasteiger charge is 1.71. The third-order valence-electron chi connectivity index (χ3n) is 0.596. The first-order valence-corrected chi connectivity index (χ1v) is 2.26. The highest BCUT2D eigenvalue weighted by atomic mass is 14.9. The van der Waals surface area contributed by atoms with E-state index in [-0.39, 0.29) is 0 Å². The Balaban J connectivity index is 2.69. The summed E-state index contributed by atoms with van der Waals surface area (Å²) in [5.74, 6) is 0. The number of nitrogens with zero attached hydrogens (tertiary/aromatic N) is 1. The van der Waals surface area contributed by atoms with Gasteiger partial charge in [-0.15, -0.1) is 0 Å². The van der Waals surface area contributed by atoms with E-state index in [1.165, 1.54) is 6.34 Å². The number of nitrogens with one attached hydrogen (secondary N) is 1. The van der Waals surface area contributed by atoms with Crippen LogP contribution < -0.4 is 11.1 Å². The molecule has 0 amide bonds. The van der Waals surface area contributed by atoms with Crippen LogP contribution in [0.4, 0.5) is 0 Å². The van der Waals surface area contributed by atoms with Gasteiger partial charge in [0.1, 0.15) is 0 Å². The van der Waals surface area contributed by atoms with Crippen LogP contribution >= 0.6 is 0 Å². The molecule has 7 heavy (non-hydrogen) atoms. The maximum absolute atomic E-state index is 4.95. The smallest absolute Gasteiger partial charge is 0.0798 e. The maximum Gasteiger partial charge on any atom is 0.0798 e. The van der Waals surface area contributed by atoms with E-state index in [1.807, 2.05) is 7.05 Å². The zero-order chi connectivity index (χ0) is 5.54. The Hall–Kier alpha value is -0.570. The van der Waals surface area contributed by atoms with Gasteiger partial charge in [0.05, 0.1) is 12.9 Å². The number of hydrogen-bond donors (Lipinski definition) is 2. The lowest BCUT2D eigenvalue weighted by atomic mass is 10.6. The molecule has 3 nitrogen and oxygen atoms in total. The van der Waals surface area contributed by atoms with Crippen molar-refractivity contribution in [3.63, 3.8) is 0 Å².